The molecule has 1 heterocycles. The van der Waals surface area contributed by atoms with Crippen molar-refractivity contribution in [2.75, 3.05) is 13.1 Å². The first kappa shape index (κ1) is 6.99. The highest BCUT2D eigenvalue weighted by Crippen LogP contribution is 2.02. The van der Waals surface area contributed by atoms with E-state index in [1.54, 1.807) is 0 Å². The molecule has 1 rings (SSSR count). The predicted octanol–water partition coefficient (Wildman–Crippen LogP) is -0.942. The number of hydrogen-bond acceptors (Lipinski definition) is 3. The summed E-state index contributed by atoms with van der Waals surface area (Å²) in [5, 5.41) is 12.3. The van der Waals surface area contributed by atoms with E-state index in [4.69, 9.17) is 5.73 Å². The summed E-state index contributed by atoms with van der Waals surface area (Å²) < 4.78 is 0. The van der Waals surface area contributed by atoms with Crippen molar-refractivity contribution >= 4 is 0 Å². The lowest BCUT2D eigenvalue weighted by Crippen LogP contribution is -2.40. The highest BCUT2D eigenvalue weighted by molar-refractivity contribution is 4.77. The standard InChI is InChI=1S/C6H14N2O/c7-5-4-8-3-1-2-6(5)9/h5-6,8-9H,1-4,7H2/t5-,6-/m1/s1. The molecule has 9 heavy (non-hydrogen) atoms. The van der Waals surface area contributed by atoms with Crippen molar-refractivity contribution < 1.29 is 5.11 Å². The zero-order valence-electron chi connectivity index (χ0n) is 5.51. The number of nitrogens with one attached hydrogen (secondary N) is 1. The molecule has 0 saturated carbocycles. The van der Waals surface area contributed by atoms with Crippen LogP contribution in [0.25, 0.3) is 0 Å². The molecular formula is C6H14N2O. The van der Waals surface area contributed by atoms with Crippen LogP contribution in [-0.4, -0.2) is 30.3 Å². The van der Waals surface area contributed by atoms with Crippen molar-refractivity contribution in [3.8, 4) is 0 Å². The monoisotopic (exact) mass is 130 g/mol. The SMILES string of the molecule is N[C@@H]1CNCCC[C@H]1O. The molecule has 1 fully saturated rings. The van der Waals surface area contributed by atoms with Crippen LogP contribution in [-0.2, 0) is 0 Å². The van der Waals surface area contributed by atoms with Gasteiger partial charge in [0.15, 0.2) is 0 Å². The summed E-state index contributed by atoms with van der Waals surface area (Å²) in [4.78, 5) is 0. The molecule has 2 atom stereocenters. The van der Waals surface area contributed by atoms with E-state index in [1.807, 2.05) is 0 Å². The van der Waals surface area contributed by atoms with Crippen molar-refractivity contribution in [2.24, 2.45) is 5.73 Å². The van der Waals surface area contributed by atoms with Crippen molar-refractivity contribution in [3.05, 3.63) is 0 Å². The van der Waals surface area contributed by atoms with Crippen LogP contribution in [0.1, 0.15) is 12.8 Å². The molecule has 0 radical (unpaired) electrons. The molecule has 0 spiro atoms. The molecule has 1 aliphatic heterocycles. The van der Waals surface area contributed by atoms with Gasteiger partial charge in [0.1, 0.15) is 0 Å². The van der Waals surface area contributed by atoms with Crippen LogP contribution in [0, 0.1) is 0 Å². The lowest BCUT2D eigenvalue weighted by atomic mass is 10.1. The van der Waals surface area contributed by atoms with E-state index in [0.717, 1.165) is 25.9 Å². The third kappa shape index (κ3) is 1.93. The maximum atomic E-state index is 9.19. The molecule has 3 heteroatoms. The van der Waals surface area contributed by atoms with Gasteiger partial charge in [-0.25, -0.2) is 0 Å². The Kier molecular flexibility index (Phi) is 2.45. The first-order chi connectivity index (χ1) is 4.30. The molecule has 0 aromatic heterocycles. The summed E-state index contributed by atoms with van der Waals surface area (Å²) >= 11 is 0. The first-order valence-electron chi connectivity index (χ1n) is 3.45. The Morgan fingerprint density at radius 2 is 2.33 bits per heavy atom. The van der Waals surface area contributed by atoms with Gasteiger partial charge in [-0.3, -0.25) is 0 Å². The van der Waals surface area contributed by atoms with Crippen LogP contribution < -0.4 is 11.1 Å². The Hall–Kier alpha value is -0.120. The molecule has 0 unspecified atom stereocenters. The van der Waals surface area contributed by atoms with Gasteiger partial charge in [0.05, 0.1) is 6.10 Å². The van der Waals surface area contributed by atoms with Crippen LogP contribution in [0.2, 0.25) is 0 Å². The van der Waals surface area contributed by atoms with E-state index < -0.39 is 0 Å². The van der Waals surface area contributed by atoms with Gasteiger partial charge in [-0.2, -0.15) is 0 Å². The average Bonchev–Trinajstić information content (AvgIpc) is 1.99. The van der Waals surface area contributed by atoms with E-state index in [1.165, 1.54) is 0 Å². The fourth-order valence-electron chi connectivity index (χ4n) is 1.06. The van der Waals surface area contributed by atoms with Gasteiger partial charge in [0.25, 0.3) is 0 Å². The lowest BCUT2D eigenvalue weighted by Gasteiger charge is -2.13. The summed E-state index contributed by atoms with van der Waals surface area (Å²) in [7, 11) is 0. The molecule has 4 N–H and O–H groups in total. The van der Waals surface area contributed by atoms with Gasteiger partial charge in [-0.05, 0) is 19.4 Å². The summed E-state index contributed by atoms with van der Waals surface area (Å²) in [6.07, 6.45) is 1.59. The van der Waals surface area contributed by atoms with E-state index in [0.29, 0.717) is 0 Å². The zero-order chi connectivity index (χ0) is 6.69. The summed E-state index contributed by atoms with van der Waals surface area (Å²) in [6, 6.07) is -0.0625. The van der Waals surface area contributed by atoms with Gasteiger partial charge in [-0.1, -0.05) is 0 Å². The second-order valence-corrected chi connectivity index (χ2v) is 2.58. The van der Waals surface area contributed by atoms with Crippen molar-refractivity contribution in [1.82, 2.24) is 5.32 Å². The summed E-state index contributed by atoms with van der Waals surface area (Å²) in [5.74, 6) is 0. The van der Waals surface area contributed by atoms with E-state index in [9.17, 15) is 5.11 Å². The Morgan fingerprint density at radius 3 is 3.11 bits per heavy atom. The second-order valence-electron chi connectivity index (χ2n) is 2.58. The molecule has 0 aromatic rings. The minimum absolute atomic E-state index is 0.0625. The predicted molar refractivity (Wildman–Crippen MR) is 36.1 cm³/mol. The number of hydrogen-bond donors (Lipinski definition) is 3. The highest BCUT2D eigenvalue weighted by Gasteiger charge is 2.16. The van der Waals surface area contributed by atoms with Crippen LogP contribution in [0.5, 0.6) is 0 Å². The lowest BCUT2D eigenvalue weighted by molar-refractivity contribution is 0.141. The van der Waals surface area contributed by atoms with E-state index in [-0.39, 0.29) is 12.1 Å². The molecule has 0 bridgehead atoms. The Morgan fingerprint density at radius 1 is 1.56 bits per heavy atom. The quantitative estimate of drug-likeness (QED) is 0.396. The highest BCUT2D eigenvalue weighted by atomic mass is 16.3. The van der Waals surface area contributed by atoms with Crippen molar-refractivity contribution in [2.45, 2.75) is 25.0 Å². The Bertz CT molecular complexity index is 77.1. The zero-order valence-corrected chi connectivity index (χ0v) is 5.51. The maximum Gasteiger partial charge on any atom is 0.0704 e. The van der Waals surface area contributed by atoms with Crippen molar-refractivity contribution in [1.29, 1.82) is 0 Å². The second kappa shape index (κ2) is 3.15. The minimum Gasteiger partial charge on any atom is -0.391 e. The van der Waals surface area contributed by atoms with Gasteiger partial charge >= 0.3 is 0 Å². The van der Waals surface area contributed by atoms with Crippen LogP contribution in [0.4, 0.5) is 0 Å². The Balaban J connectivity index is 2.32. The smallest absolute Gasteiger partial charge is 0.0704 e. The molecular weight excluding hydrogens is 116 g/mol. The molecule has 3 nitrogen and oxygen atoms in total. The van der Waals surface area contributed by atoms with Gasteiger partial charge in [0, 0.05) is 12.6 Å². The summed E-state index contributed by atoms with van der Waals surface area (Å²) in [5.41, 5.74) is 5.57. The fourth-order valence-corrected chi connectivity index (χ4v) is 1.06. The average molecular weight is 130 g/mol. The number of aliphatic hydroxyl groups is 1. The number of nitrogens with two attached hydrogens (primary N) is 1. The van der Waals surface area contributed by atoms with Gasteiger partial charge in [-0.15, -0.1) is 0 Å². The Labute approximate surface area is 55.2 Å². The normalized spacial score (nSPS) is 38.0. The number of rotatable bonds is 0. The summed E-state index contributed by atoms with van der Waals surface area (Å²) in [6.45, 7) is 1.74. The molecule has 1 aliphatic rings. The number of aliphatic hydroxyl groups excluding tert-OH is 1. The maximum absolute atomic E-state index is 9.19. The fraction of sp³-hybridized carbons (Fsp3) is 1.00. The largest absolute Gasteiger partial charge is 0.391 e. The minimum atomic E-state index is -0.292. The molecule has 54 valence electrons. The molecule has 1 saturated heterocycles. The van der Waals surface area contributed by atoms with Crippen LogP contribution >= 0.6 is 0 Å². The molecule has 0 aromatic carbocycles. The van der Waals surface area contributed by atoms with E-state index >= 15 is 0 Å². The van der Waals surface area contributed by atoms with Crippen molar-refractivity contribution in [3.63, 3.8) is 0 Å². The third-order valence-electron chi connectivity index (χ3n) is 1.73. The van der Waals surface area contributed by atoms with Gasteiger partial charge < -0.3 is 16.2 Å². The van der Waals surface area contributed by atoms with Crippen LogP contribution in [0.3, 0.4) is 0 Å². The van der Waals surface area contributed by atoms with Gasteiger partial charge in [0.2, 0.25) is 0 Å². The van der Waals surface area contributed by atoms with Crippen LogP contribution in [0.15, 0.2) is 0 Å². The first-order valence-corrected chi connectivity index (χ1v) is 3.45. The molecule has 0 amide bonds. The topological polar surface area (TPSA) is 58.3 Å². The van der Waals surface area contributed by atoms with E-state index in [2.05, 4.69) is 5.32 Å². The molecule has 0 aliphatic carbocycles. The third-order valence-corrected chi connectivity index (χ3v) is 1.73.